The number of nitrogens with zero attached hydrogens (tertiary/aromatic N) is 3. The van der Waals surface area contributed by atoms with Gasteiger partial charge in [-0.2, -0.15) is 0 Å². The van der Waals surface area contributed by atoms with E-state index in [2.05, 4.69) is 16.8 Å². The van der Waals surface area contributed by atoms with Crippen molar-refractivity contribution in [2.75, 3.05) is 58.8 Å². The van der Waals surface area contributed by atoms with E-state index in [-0.39, 0.29) is 5.78 Å². The summed E-state index contributed by atoms with van der Waals surface area (Å²) in [7, 11) is 6.13. The molecule has 1 fully saturated rings. The highest BCUT2D eigenvalue weighted by Gasteiger charge is 2.17. The fourth-order valence-electron chi connectivity index (χ4n) is 2.25. The highest BCUT2D eigenvalue weighted by Crippen LogP contribution is 2.13. The molecule has 0 aromatic heterocycles. The van der Waals surface area contributed by atoms with Crippen molar-refractivity contribution in [1.82, 2.24) is 9.80 Å². The fourth-order valence-corrected chi connectivity index (χ4v) is 2.25. The Kier molecular flexibility index (Phi) is 4.56. The third kappa shape index (κ3) is 3.78. The van der Waals surface area contributed by atoms with Gasteiger partial charge in [0, 0.05) is 51.5 Å². The van der Waals surface area contributed by atoms with Gasteiger partial charge in [-0.15, -0.1) is 0 Å². The maximum Gasteiger partial charge on any atom is 0.176 e. The molecule has 1 saturated heterocycles. The molecule has 1 aromatic carbocycles. The highest BCUT2D eigenvalue weighted by atomic mass is 16.1. The van der Waals surface area contributed by atoms with Crippen molar-refractivity contribution in [3.05, 3.63) is 29.8 Å². The van der Waals surface area contributed by atoms with Gasteiger partial charge in [0.15, 0.2) is 5.78 Å². The van der Waals surface area contributed by atoms with Crippen molar-refractivity contribution in [2.24, 2.45) is 0 Å². The van der Waals surface area contributed by atoms with E-state index in [4.69, 9.17) is 0 Å². The lowest BCUT2D eigenvalue weighted by molar-refractivity contribution is 0.0876. The normalized spacial score (nSPS) is 17.4. The molecule has 0 aliphatic carbocycles. The minimum absolute atomic E-state index is 0.217. The molecule has 1 aliphatic rings. The van der Waals surface area contributed by atoms with E-state index < -0.39 is 0 Å². The molecule has 0 atom stereocenters. The second-order valence-corrected chi connectivity index (χ2v) is 5.44. The Morgan fingerprint density at radius 2 is 1.68 bits per heavy atom. The summed E-state index contributed by atoms with van der Waals surface area (Å²) in [6.45, 7) is 4.60. The van der Waals surface area contributed by atoms with E-state index in [0.717, 1.165) is 37.4 Å². The van der Waals surface area contributed by atoms with Crippen LogP contribution in [0.25, 0.3) is 0 Å². The largest absolute Gasteiger partial charge is 0.378 e. The summed E-state index contributed by atoms with van der Waals surface area (Å²) in [5, 5.41) is 0. The van der Waals surface area contributed by atoms with Gasteiger partial charge in [-0.25, -0.2) is 0 Å². The predicted octanol–water partition coefficient (Wildman–Crippen LogP) is 1.18. The van der Waals surface area contributed by atoms with Crippen LogP contribution < -0.4 is 4.90 Å². The Morgan fingerprint density at radius 3 is 2.21 bits per heavy atom. The fraction of sp³-hybridized carbons (Fsp3) is 0.533. The van der Waals surface area contributed by atoms with Gasteiger partial charge in [-0.1, -0.05) is 0 Å². The van der Waals surface area contributed by atoms with E-state index >= 15 is 0 Å². The van der Waals surface area contributed by atoms with Gasteiger partial charge in [0.05, 0.1) is 6.54 Å². The number of carbonyl (C=O) groups excluding carboxylic acids is 1. The molecule has 4 nitrogen and oxygen atoms in total. The third-order valence-electron chi connectivity index (χ3n) is 3.67. The van der Waals surface area contributed by atoms with Crippen LogP contribution >= 0.6 is 0 Å². The quantitative estimate of drug-likeness (QED) is 0.761. The smallest absolute Gasteiger partial charge is 0.176 e. The lowest BCUT2D eigenvalue weighted by Gasteiger charge is -2.31. The molecule has 19 heavy (non-hydrogen) atoms. The molecule has 1 aromatic rings. The van der Waals surface area contributed by atoms with Gasteiger partial charge in [-0.05, 0) is 31.3 Å². The van der Waals surface area contributed by atoms with E-state index in [1.807, 2.05) is 43.3 Å². The SMILES string of the molecule is CN1CCN(CC(=O)c2ccc(N(C)C)cc2)CC1. The van der Waals surface area contributed by atoms with Crippen LogP contribution in [0.15, 0.2) is 24.3 Å². The summed E-state index contributed by atoms with van der Waals surface area (Å²) >= 11 is 0. The summed E-state index contributed by atoms with van der Waals surface area (Å²) in [6, 6.07) is 7.84. The van der Waals surface area contributed by atoms with Crippen molar-refractivity contribution in [1.29, 1.82) is 0 Å². The zero-order valence-electron chi connectivity index (χ0n) is 12.1. The minimum atomic E-state index is 0.217. The topological polar surface area (TPSA) is 26.8 Å². The van der Waals surface area contributed by atoms with Crippen LogP contribution in [0.4, 0.5) is 5.69 Å². The van der Waals surface area contributed by atoms with Crippen molar-refractivity contribution in [3.63, 3.8) is 0 Å². The number of likely N-dealkylation sites (N-methyl/N-ethyl adjacent to an activating group) is 1. The van der Waals surface area contributed by atoms with Crippen molar-refractivity contribution in [2.45, 2.75) is 0 Å². The molecule has 0 N–H and O–H groups in total. The molecule has 1 heterocycles. The number of carbonyl (C=O) groups is 1. The first-order chi connectivity index (χ1) is 9.06. The maximum atomic E-state index is 12.2. The van der Waals surface area contributed by atoms with Crippen molar-refractivity contribution in [3.8, 4) is 0 Å². The van der Waals surface area contributed by atoms with Gasteiger partial charge in [0.2, 0.25) is 0 Å². The number of anilines is 1. The van der Waals surface area contributed by atoms with Crippen LogP contribution in [-0.2, 0) is 0 Å². The third-order valence-corrected chi connectivity index (χ3v) is 3.67. The van der Waals surface area contributed by atoms with Crippen LogP contribution in [-0.4, -0.2) is 69.4 Å². The summed E-state index contributed by atoms with van der Waals surface area (Å²) in [5.41, 5.74) is 1.93. The van der Waals surface area contributed by atoms with Crippen LogP contribution in [0.5, 0.6) is 0 Å². The van der Waals surface area contributed by atoms with Gasteiger partial charge in [0.1, 0.15) is 0 Å². The first kappa shape index (κ1) is 14.0. The summed E-state index contributed by atoms with van der Waals surface area (Å²) in [4.78, 5) is 18.8. The summed E-state index contributed by atoms with van der Waals surface area (Å²) in [5.74, 6) is 0.217. The first-order valence-electron chi connectivity index (χ1n) is 6.78. The van der Waals surface area contributed by atoms with Gasteiger partial charge >= 0.3 is 0 Å². The summed E-state index contributed by atoms with van der Waals surface area (Å²) < 4.78 is 0. The standard InChI is InChI=1S/C15H23N3O/c1-16(2)14-6-4-13(5-7-14)15(19)12-18-10-8-17(3)9-11-18/h4-7H,8-12H2,1-3H3. The molecular weight excluding hydrogens is 238 g/mol. The van der Waals surface area contributed by atoms with E-state index in [0.29, 0.717) is 6.54 Å². The molecule has 1 aliphatic heterocycles. The molecule has 0 bridgehead atoms. The lowest BCUT2D eigenvalue weighted by atomic mass is 10.1. The average Bonchev–Trinajstić information content (AvgIpc) is 2.41. The molecule has 104 valence electrons. The number of ketones is 1. The zero-order chi connectivity index (χ0) is 13.8. The Balaban J connectivity index is 1.92. The van der Waals surface area contributed by atoms with Crippen molar-refractivity contribution >= 4 is 11.5 Å². The molecule has 0 spiro atoms. The van der Waals surface area contributed by atoms with E-state index in [9.17, 15) is 4.79 Å². The number of piperazine rings is 1. The average molecular weight is 261 g/mol. The van der Waals surface area contributed by atoms with E-state index in [1.54, 1.807) is 0 Å². The number of hydrogen-bond donors (Lipinski definition) is 0. The molecule has 0 saturated carbocycles. The zero-order valence-corrected chi connectivity index (χ0v) is 12.1. The van der Waals surface area contributed by atoms with Gasteiger partial charge in [0.25, 0.3) is 0 Å². The molecule has 4 heteroatoms. The second-order valence-electron chi connectivity index (χ2n) is 5.44. The second kappa shape index (κ2) is 6.17. The maximum absolute atomic E-state index is 12.2. The number of rotatable bonds is 4. The highest BCUT2D eigenvalue weighted by molar-refractivity contribution is 5.97. The van der Waals surface area contributed by atoms with Crippen LogP contribution in [0.3, 0.4) is 0 Å². The number of hydrogen-bond acceptors (Lipinski definition) is 4. The van der Waals surface area contributed by atoms with E-state index in [1.165, 1.54) is 0 Å². The number of Topliss-reactive ketones (excluding diaryl/α,β-unsaturated/α-hetero) is 1. The Labute approximate surface area is 115 Å². The molecule has 0 amide bonds. The minimum Gasteiger partial charge on any atom is -0.378 e. The molecule has 0 radical (unpaired) electrons. The van der Waals surface area contributed by atoms with Crippen LogP contribution in [0.1, 0.15) is 10.4 Å². The molecule has 0 unspecified atom stereocenters. The van der Waals surface area contributed by atoms with Gasteiger partial charge in [-0.3, -0.25) is 9.69 Å². The Bertz CT molecular complexity index is 420. The monoisotopic (exact) mass is 261 g/mol. The Hall–Kier alpha value is -1.39. The first-order valence-corrected chi connectivity index (χ1v) is 6.78. The number of benzene rings is 1. The summed E-state index contributed by atoms with van der Waals surface area (Å²) in [6.07, 6.45) is 0. The lowest BCUT2D eigenvalue weighted by Crippen LogP contribution is -2.46. The van der Waals surface area contributed by atoms with Crippen molar-refractivity contribution < 1.29 is 4.79 Å². The van der Waals surface area contributed by atoms with Gasteiger partial charge < -0.3 is 9.80 Å². The predicted molar refractivity (Wildman–Crippen MR) is 79.0 cm³/mol. The van der Waals surface area contributed by atoms with Crippen LogP contribution in [0.2, 0.25) is 0 Å². The van der Waals surface area contributed by atoms with Crippen LogP contribution in [0, 0.1) is 0 Å². The molecule has 2 rings (SSSR count). The molecular formula is C15H23N3O. The Morgan fingerprint density at radius 1 is 1.11 bits per heavy atom.